The molecule has 1 atom stereocenters. The van der Waals surface area contributed by atoms with Crippen LogP contribution >= 0.6 is 0 Å². The second-order valence-corrected chi connectivity index (χ2v) is 7.89. The van der Waals surface area contributed by atoms with E-state index < -0.39 is 5.97 Å². The molecule has 0 aliphatic carbocycles. The highest BCUT2D eigenvalue weighted by atomic mass is 16.4. The Morgan fingerprint density at radius 3 is 2.21 bits per heavy atom. The Morgan fingerprint density at radius 2 is 1.62 bits per heavy atom. The molecular formula is C19H36N2O3. The lowest BCUT2D eigenvalue weighted by molar-refractivity contribution is -0.137. The minimum absolute atomic E-state index is 0.231. The Hall–Kier alpha value is -1.28. The SMILES string of the molecule is CC(C)(C)CCCC(O)CCCN(C#N)CCCCCCC(=O)O. The molecule has 0 fully saturated rings. The molecule has 140 valence electrons. The molecule has 0 aromatic carbocycles. The van der Waals surface area contributed by atoms with Crippen molar-refractivity contribution in [1.29, 1.82) is 5.26 Å². The first-order chi connectivity index (χ1) is 11.2. The molecule has 0 aliphatic rings. The fourth-order valence-corrected chi connectivity index (χ4v) is 2.67. The molecule has 0 rings (SSSR count). The van der Waals surface area contributed by atoms with Gasteiger partial charge in [-0.2, -0.15) is 5.26 Å². The van der Waals surface area contributed by atoms with Crippen LogP contribution in [0.5, 0.6) is 0 Å². The average molecular weight is 341 g/mol. The Labute approximate surface area is 147 Å². The molecule has 0 bridgehead atoms. The van der Waals surface area contributed by atoms with Crippen LogP contribution in [0.2, 0.25) is 0 Å². The van der Waals surface area contributed by atoms with E-state index in [1.165, 1.54) is 0 Å². The van der Waals surface area contributed by atoms with Crippen molar-refractivity contribution >= 4 is 5.97 Å². The Morgan fingerprint density at radius 1 is 1.04 bits per heavy atom. The first-order valence-corrected chi connectivity index (χ1v) is 9.29. The number of aliphatic carboxylic acids is 1. The number of hydrogen-bond acceptors (Lipinski definition) is 4. The first kappa shape index (κ1) is 22.7. The van der Waals surface area contributed by atoms with Crippen molar-refractivity contribution in [2.75, 3.05) is 13.1 Å². The number of nitriles is 1. The number of aliphatic hydroxyl groups excluding tert-OH is 1. The predicted molar refractivity (Wildman–Crippen MR) is 96.5 cm³/mol. The van der Waals surface area contributed by atoms with Gasteiger partial charge in [-0.15, -0.1) is 0 Å². The lowest BCUT2D eigenvalue weighted by Gasteiger charge is -2.20. The van der Waals surface area contributed by atoms with Crippen LogP contribution in [0.4, 0.5) is 0 Å². The molecule has 0 radical (unpaired) electrons. The van der Waals surface area contributed by atoms with Crippen LogP contribution < -0.4 is 0 Å². The molecule has 5 nitrogen and oxygen atoms in total. The summed E-state index contributed by atoms with van der Waals surface area (Å²) in [4.78, 5) is 12.2. The number of nitrogens with zero attached hydrogens (tertiary/aromatic N) is 2. The standard InChI is InChI=1S/C19H36N2O3/c1-19(2,3)13-8-10-17(22)11-9-15-21(16-20)14-7-5-4-6-12-18(23)24/h17,22H,4-15H2,1-3H3,(H,23,24). The van der Waals surface area contributed by atoms with Gasteiger partial charge in [0.15, 0.2) is 6.19 Å². The topological polar surface area (TPSA) is 84.6 Å². The van der Waals surface area contributed by atoms with Gasteiger partial charge >= 0.3 is 5.97 Å². The lowest BCUT2D eigenvalue weighted by atomic mass is 9.89. The minimum atomic E-state index is -0.741. The van der Waals surface area contributed by atoms with Crippen LogP contribution in [0.25, 0.3) is 0 Å². The van der Waals surface area contributed by atoms with Crippen molar-refractivity contribution in [2.24, 2.45) is 5.41 Å². The number of carboxylic acid groups (broad SMARTS) is 1. The third-order valence-corrected chi connectivity index (χ3v) is 4.14. The van der Waals surface area contributed by atoms with Gasteiger partial charge in [0, 0.05) is 19.5 Å². The van der Waals surface area contributed by atoms with E-state index >= 15 is 0 Å². The smallest absolute Gasteiger partial charge is 0.303 e. The summed E-state index contributed by atoms with van der Waals surface area (Å²) in [7, 11) is 0. The molecule has 0 saturated carbocycles. The van der Waals surface area contributed by atoms with Crippen LogP contribution in [-0.2, 0) is 4.79 Å². The molecule has 0 aliphatic heterocycles. The largest absolute Gasteiger partial charge is 0.481 e. The monoisotopic (exact) mass is 340 g/mol. The second-order valence-electron chi connectivity index (χ2n) is 7.89. The van der Waals surface area contributed by atoms with Gasteiger partial charge in [0.25, 0.3) is 0 Å². The minimum Gasteiger partial charge on any atom is -0.481 e. The summed E-state index contributed by atoms with van der Waals surface area (Å²) in [5.41, 5.74) is 0.321. The predicted octanol–water partition coefficient (Wildman–Crippen LogP) is 4.16. The van der Waals surface area contributed by atoms with E-state index in [2.05, 4.69) is 27.0 Å². The quantitative estimate of drug-likeness (QED) is 0.282. The summed E-state index contributed by atoms with van der Waals surface area (Å²) in [5.74, 6) is -0.741. The van der Waals surface area contributed by atoms with Gasteiger partial charge in [-0.1, -0.05) is 40.0 Å². The Bertz CT molecular complexity index is 372. The highest BCUT2D eigenvalue weighted by Gasteiger charge is 2.12. The maximum absolute atomic E-state index is 10.4. The van der Waals surface area contributed by atoms with Crippen LogP contribution in [-0.4, -0.2) is 40.3 Å². The zero-order valence-corrected chi connectivity index (χ0v) is 15.8. The van der Waals surface area contributed by atoms with E-state index in [1.54, 1.807) is 4.90 Å². The number of carboxylic acids is 1. The Kier molecular flexibility index (Phi) is 12.4. The van der Waals surface area contributed by atoms with E-state index in [1.807, 2.05) is 0 Å². The fraction of sp³-hybridized carbons (Fsp3) is 0.895. The van der Waals surface area contributed by atoms with Crippen LogP contribution in [0, 0.1) is 16.9 Å². The van der Waals surface area contributed by atoms with Gasteiger partial charge in [-0.25, -0.2) is 0 Å². The first-order valence-electron chi connectivity index (χ1n) is 9.29. The molecule has 0 aromatic heterocycles. The highest BCUT2D eigenvalue weighted by Crippen LogP contribution is 2.22. The molecular weight excluding hydrogens is 304 g/mol. The van der Waals surface area contributed by atoms with Gasteiger partial charge in [-0.3, -0.25) is 4.79 Å². The number of hydrogen-bond donors (Lipinski definition) is 2. The molecule has 24 heavy (non-hydrogen) atoms. The van der Waals surface area contributed by atoms with E-state index in [0.717, 1.165) is 57.9 Å². The van der Waals surface area contributed by atoms with E-state index in [0.29, 0.717) is 18.4 Å². The molecule has 5 heteroatoms. The van der Waals surface area contributed by atoms with E-state index in [9.17, 15) is 9.90 Å². The maximum Gasteiger partial charge on any atom is 0.303 e. The van der Waals surface area contributed by atoms with Crippen LogP contribution in [0.1, 0.15) is 85.0 Å². The summed E-state index contributed by atoms with van der Waals surface area (Å²) in [6, 6.07) is 0. The summed E-state index contributed by atoms with van der Waals surface area (Å²) in [6.07, 6.45) is 10.3. The summed E-state index contributed by atoms with van der Waals surface area (Å²) < 4.78 is 0. The average Bonchev–Trinajstić information content (AvgIpc) is 2.47. The number of aliphatic hydroxyl groups is 1. The molecule has 0 saturated heterocycles. The van der Waals surface area contributed by atoms with Crippen molar-refractivity contribution in [3.05, 3.63) is 0 Å². The molecule has 0 spiro atoms. The molecule has 1 unspecified atom stereocenters. The molecule has 0 heterocycles. The third-order valence-electron chi connectivity index (χ3n) is 4.14. The zero-order valence-electron chi connectivity index (χ0n) is 15.8. The second kappa shape index (κ2) is 13.1. The highest BCUT2D eigenvalue weighted by molar-refractivity contribution is 5.66. The van der Waals surface area contributed by atoms with Gasteiger partial charge in [0.1, 0.15) is 0 Å². The zero-order chi connectivity index (χ0) is 18.4. The van der Waals surface area contributed by atoms with Crippen molar-refractivity contribution in [3.8, 4) is 6.19 Å². The Balaban J connectivity index is 3.64. The van der Waals surface area contributed by atoms with Crippen LogP contribution in [0.15, 0.2) is 0 Å². The van der Waals surface area contributed by atoms with Crippen molar-refractivity contribution in [2.45, 2.75) is 91.1 Å². The van der Waals surface area contributed by atoms with Crippen molar-refractivity contribution < 1.29 is 15.0 Å². The van der Waals surface area contributed by atoms with Gasteiger partial charge in [-0.05, 0) is 43.9 Å². The number of carbonyl (C=O) groups is 1. The fourth-order valence-electron chi connectivity index (χ4n) is 2.67. The van der Waals surface area contributed by atoms with Crippen molar-refractivity contribution in [1.82, 2.24) is 4.90 Å². The van der Waals surface area contributed by atoms with Gasteiger partial charge < -0.3 is 15.1 Å². The van der Waals surface area contributed by atoms with Gasteiger partial charge in [0.05, 0.1) is 6.10 Å². The molecule has 0 aromatic rings. The normalized spacial score (nSPS) is 12.6. The molecule has 2 N–H and O–H groups in total. The third kappa shape index (κ3) is 15.6. The number of rotatable bonds is 14. The molecule has 0 amide bonds. The summed E-state index contributed by atoms with van der Waals surface area (Å²) in [5, 5.41) is 27.7. The van der Waals surface area contributed by atoms with E-state index in [4.69, 9.17) is 10.4 Å². The maximum atomic E-state index is 10.4. The van der Waals surface area contributed by atoms with Crippen molar-refractivity contribution in [3.63, 3.8) is 0 Å². The van der Waals surface area contributed by atoms with Crippen LogP contribution in [0.3, 0.4) is 0 Å². The lowest BCUT2D eigenvalue weighted by Crippen LogP contribution is -2.21. The van der Waals surface area contributed by atoms with E-state index in [-0.39, 0.29) is 12.5 Å². The summed E-state index contributed by atoms with van der Waals surface area (Å²) in [6.45, 7) is 8.06. The van der Waals surface area contributed by atoms with Gasteiger partial charge in [0.2, 0.25) is 0 Å². The summed E-state index contributed by atoms with van der Waals surface area (Å²) >= 11 is 0. The number of unbranched alkanes of at least 4 members (excludes halogenated alkanes) is 3.